The van der Waals surface area contributed by atoms with Gasteiger partial charge in [-0.15, -0.1) is 0 Å². The second-order valence-corrected chi connectivity index (χ2v) is 8.97. The van der Waals surface area contributed by atoms with Crippen LogP contribution in [0.1, 0.15) is 18.9 Å². The van der Waals surface area contributed by atoms with Gasteiger partial charge in [0.1, 0.15) is 0 Å². The van der Waals surface area contributed by atoms with Gasteiger partial charge in [-0.25, -0.2) is 8.42 Å². The van der Waals surface area contributed by atoms with Gasteiger partial charge in [-0.05, 0) is 48.4 Å². The molecule has 3 aromatic rings. The molecule has 6 heteroatoms. The molecule has 0 amide bonds. The predicted molar refractivity (Wildman–Crippen MR) is 110 cm³/mol. The third-order valence-electron chi connectivity index (χ3n) is 5.24. The predicted octanol–water partition coefficient (Wildman–Crippen LogP) is 3.63. The van der Waals surface area contributed by atoms with E-state index in [2.05, 4.69) is 41.1 Å². The molecule has 0 spiro atoms. The summed E-state index contributed by atoms with van der Waals surface area (Å²) in [7, 11) is -3.42. The number of benzene rings is 2. The molecule has 1 aliphatic heterocycles. The van der Waals surface area contributed by atoms with E-state index in [0.29, 0.717) is 31.1 Å². The van der Waals surface area contributed by atoms with E-state index >= 15 is 0 Å². The van der Waals surface area contributed by atoms with Gasteiger partial charge >= 0.3 is 0 Å². The molecule has 0 saturated carbocycles. The van der Waals surface area contributed by atoms with Gasteiger partial charge in [0.05, 0.1) is 4.90 Å². The summed E-state index contributed by atoms with van der Waals surface area (Å²) in [6, 6.07) is 15.7. The summed E-state index contributed by atoms with van der Waals surface area (Å²) in [6.45, 7) is 4.53. The average molecular weight is 384 g/mol. The van der Waals surface area contributed by atoms with Gasteiger partial charge in [-0.1, -0.05) is 25.5 Å². The maximum atomic E-state index is 12.9. The first-order chi connectivity index (χ1) is 13.1. The van der Waals surface area contributed by atoms with Crippen molar-refractivity contribution < 1.29 is 8.42 Å². The maximum Gasteiger partial charge on any atom is 0.243 e. The van der Waals surface area contributed by atoms with Crippen LogP contribution in [-0.2, 0) is 16.4 Å². The van der Waals surface area contributed by atoms with E-state index in [1.165, 1.54) is 10.9 Å². The number of aromatic amines is 1. The van der Waals surface area contributed by atoms with E-state index in [0.717, 1.165) is 24.0 Å². The molecule has 1 aromatic heterocycles. The number of hydrogen-bond donors (Lipinski definition) is 1. The lowest BCUT2D eigenvalue weighted by molar-refractivity contribution is 0.385. The van der Waals surface area contributed by atoms with Crippen LogP contribution in [0, 0.1) is 0 Å². The topological polar surface area (TPSA) is 56.4 Å². The zero-order chi connectivity index (χ0) is 18.9. The molecule has 2 aromatic carbocycles. The van der Waals surface area contributed by atoms with E-state index in [1.807, 2.05) is 18.3 Å². The number of aromatic nitrogens is 1. The fraction of sp³-hybridized carbons (Fsp3) is 0.333. The van der Waals surface area contributed by atoms with Crippen molar-refractivity contribution in [1.82, 2.24) is 9.29 Å². The molecule has 5 nitrogen and oxygen atoms in total. The first-order valence-corrected chi connectivity index (χ1v) is 10.9. The molecule has 1 saturated heterocycles. The molecule has 0 aliphatic carbocycles. The molecule has 1 aliphatic rings. The van der Waals surface area contributed by atoms with Gasteiger partial charge in [0.2, 0.25) is 10.0 Å². The zero-order valence-electron chi connectivity index (χ0n) is 15.6. The van der Waals surface area contributed by atoms with Crippen LogP contribution >= 0.6 is 0 Å². The van der Waals surface area contributed by atoms with E-state index in [-0.39, 0.29) is 0 Å². The molecule has 1 fully saturated rings. The van der Waals surface area contributed by atoms with Crippen LogP contribution in [0.3, 0.4) is 0 Å². The Morgan fingerprint density at radius 3 is 2.41 bits per heavy atom. The Labute approximate surface area is 160 Å². The fourth-order valence-corrected chi connectivity index (χ4v) is 5.11. The molecule has 0 unspecified atom stereocenters. The van der Waals surface area contributed by atoms with Crippen LogP contribution in [-0.4, -0.2) is 43.9 Å². The van der Waals surface area contributed by atoms with E-state index in [1.54, 1.807) is 16.4 Å². The van der Waals surface area contributed by atoms with Crippen LogP contribution in [0.25, 0.3) is 10.9 Å². The van der Waals surface area contributed by atoms with Crippen molar-refractivity contribution in [3.05, 3.63) is 60.3 Å². The number of anilines is 1. The number of H-pyrrole nitrogens is 1. The molecule has 0 bridgehead atoms. The smallest absolute Gasteiger partial charge is 0.243 e. The number of aryl methyl sites for hydroxylation is 1. The van der Waals surface area contributed by atoms with Crippen molar-refractivity contribution in [2.24, 2.45) is 0 Å². The van der Waals surface area contributed by atoms with Gasteiger partial charge in [0, 0.05) is 49.0 Å². The molecule has 27 heavy (non-hydrogen) atoms. The highest BCUT2D eigenvalue weighted by Gasteiger charge is 2.28. The molecule has 1 N–H and O–H groups in total. The fourth-order valence-electron chi connectivity index (χ4n) is 3.69. The number of sulfonamides is 1. The molecule has 0 atom stereocenters. The normalized spacial score (nSPS) is 16.1. The minimum Gasteiger partial charge on any atom is -0.369 e. The average Bonchev–Trinajstić information content (AvgIpc) is 3.17. The van der Waals surface area contributed by atoms with Crippen LogP contribution in [0.2, 0.25) is 0 Å². The Morgan fingerprint density at radius 2 is 1.70 bits per heavy atom. The second-order valence-electron chi connectivity index (χ2n) is 7.03. The van der Waals surface area contributed by atoms with E-state index < -0.39 is 10.0 Å². The Hall–Kier alpha value is -2.31. The van der Waals surface area contributed by atoms with Crippen LogP contribution in [0.15, 0.2) is 59.6 Å². The Kier molecular flexibility index (Phi) is 4.93. The largest absolute Gasteiger partial charge is 0.369 e. The maximum absolute atomic E-state index is 12.9. The molecule has 4 rings (SSSR count). The van der Waals surface area contributed by atoms with E-state index in [9.17, 15) is 8.42 Å². The lowest BCUT2D eigenvalue weighted by Crippen LogP contribution is -2.48. The number of fused-ring (bicyclic) bond motifs is 1. The van der Waals surface area contributed by atoms with Gasteiger partial charge in [-0.3, -0.25) is 0 Å². The van der Waals surface area contributed by atoms with Gasteiger partial charge < -0.3 is 9.88 Å². The number of hydrogen-bond acceptors (Lipinski definition) is 3. The highest BCUT2D eigenvalue weighted by atomic mass is 32.2. The zero-order valence-corrected chi connectivity index (χ0v) is 16.4. The monoisotopic (exact) mass is 383 g/mol. The lowest BCUT2D eigenvalue weighted by atomic mass is 10.1. The van der Waals surface area contributed by atoms with Gasteiger partial charge in [0.15, 0.2) is 0 Å². The summed E-state index contributed by atoms with van der Waals surface area (Å²) >= 11 is 0. The van der Waals surface area contributed by atoms with Crippen molar-refractivity contribution in [2.45, 2.75) is 24.7 Å². The summed E-state index contributed by atoms with van der Waals surface area (Å²) in [5.74, 6) is 0. The molecular weight excluding hydrogens is 358 g/mol. The SMILES string of the molecule is CCCc1ccc(S(=O)(=O)N2CCN(c3ccc4[nH]ccc4c3)CC2)cc1. The van der Waals surface area contributed by atoms with Crippen LogP contribution in [0.4, 0.5) is 5.69 Å². The number of piperazine rings is 1. The Bertz CT molecular complexity index is 1020. The van der Waals surface area contributed by atoms with Crippen molar-refractivity contribution in [3.8, 4) is 0 Å². The minimum absolute atomic E-state index is 0.393. The van der Waals surface area contributed by atoms with Gasteiger partial charge in [0.25, 0.3) is 0 Å². The molecular formula is C21H25N3O2S. The van der Waals surface area contributed by atoms with Crippen molar-refractivity contribution in [3.63, 3.8) is 0 Å². The van der Waals surface area contributed by atoms with Crippen molar-refractivity contribution in [2.75, 3.05) is 31.1 Å². The lowest BCUT2D eigenvalue weighted by Gasteiger charge is -2.35. The molecule has 142 valence electrons. The third-order valence-corrected chi connectivity index (χ3v) is 7.15. The minimum atomic E-state index is -3.42. The van der Waals surface area contributed by atoms with E-state index in [4.69, 9.17) is 0 Å². The number of rotatable bonds is 5. The summed E-state index contributed by atoms with van der Waals surface area (Å²) in [5, 5.41) is 1.18. The highest BCUT2D eigenvalue weighted by molar-refractivity contribution is 7.89. The Balaban J connectivity index is 1.46. The summed E-state index contributed by atoms with van der Waals surface area (Å²) in [5.41, 5.74) is 3.44. The standard InChI is InChI=1S/C21H25N3O2S/c1-2-3-17-4-7-20(8-5-17)27(25,26)24-14-12-23(13-15-24)19-6-9-21-18(16-19)10-11-22-21/h4-11,16,22H,2-3,12-15H2,1H3. The van der Waals surface area contributed by atoms with Crippen LogP contribution in [0.5, 0.6) is 0 Å². The van der Waals surface area contributed by atoms with Crippen molar-refractivity contribution >= 4 is 26.6 Å². The Morgan fingerprint density at radius 1 is 0.963 bits per heavy atom. The summed E-state index contributed by atoms with van der Waals surface area (Å²) in [6.07, 6.45) is 3.97. The second kappa shape index (κ2) is 7.37. The summed E-state index contributed by atoms with van der Waals surface area (Å²) < 4.78 is 27.5. The quantitative estimate of drug-likeness (QED) is 0.732. The number of nitrogens with zero attached hydrogens (tertiary/aromatic N) is 2. The first-order valence-electron chi connectivity index (χ1n) is 9.49. The first kappa shape index (κ1) is 18.1. The number of nitrogens with one attached hydrogen (secondary N) is 1. The molecule has 0 radical (unpaired) electrons. The van der Waals surface area contributed by atoms with Crippen molar-refractivity contribution in [1.29, 1.82) is 0 Å². The van der Waals surface area contributed by atoms with Crippen LogP contribution < -0.4 is 4.90 Å². The van der Waals surface area contributed by atoms with Gasteiger partial charge in [-0.2, -0.15) is 4.31 Å². The summed E-state index contributed by atoms with van der Waals surface area (Å²) in [4.78, 5) is 5.85. The molecule has 2 heterocycles. The highest BCUT2D eigenvalue weighted by Crippen LogP contribution is 2.24. The third kappa shape index (κ3) is 3.59.